The van der Waals surface area contributed by atoms with E-state index in [0.29, 0.717) is 6.42 Å². The average molecular weight is 212 g/mol. The van der Waals surface area contributed by atoms with Gasteiger partial charge in [0, 0.05) is 11.9 Å². The molecular formula is C11H16O4-2. The molecule has 86 valence electrons. The molecule has 0 heterocycles. The first kappa shape index (κ1) is 13.7. The molecule has 0 aromatic carbocycles. The molecule has 0 fully saturated rings. The summed E-state index contributed by atoms with van der Waals surface area (Å²) in [5.41, 5.74) is -0.429. The normalized spacial score (nSPS) is 11.4. The number of carboxylic acids is 2. The lowest BCUT2D eigenvalue weighted by Crippen LogP contribution is -2.36. The molecule has 0 aromatic rings. The molecule has 0 amide bonds. The number of carboxylic acid groups (broad SMARTS) is 2. The summed E-state index contributed by atoms with van der Waals surface area (Å²) in [5.74, 6) is -2.97. The first-order valence-electron chi connectivity index (χ1n) is 4.80. The summed E-state index contributed by atoms with van der Waals surface area (Å²) in [6.07, 6.45) is 1.67. The summed E-state index contributed by atoms with van der Waals surface area (Å²) in [7, 11) is 0. The lowest BCUT2D eigenvalue weighted by molar-refractivity contribution is -0.311. The van der Waals surface area contributed by atoms with Gasteiger partial charge in [0.05, 0.1) is 0 Å². The van der Waals surface area contributed by atoms with E-state index in [-0.39, 0.29) is 12.8 Å². The van der Waals surface area contributed by atoms with Gasteiger partial charge in [-0.05, 0) is 30.6 Å². The number of carbonyl (C=O) groups excluding carboxylic acids is 2. The molecule has 0 aromatic heterocycles. The van der Waals surface area contributed by atoms with Crippen LogP contribution in [-0.2, 0) is 9.59 Å². The maximum Gasteiger partial charge on any atom is 0.0417 e. The van der Waals surface area contributed by atoms with Crippen LogP contribution in [0.5, 0.6) is 0 Å². The van der Waals surface area contributed by atoms with Crippen molar-refractivity contribution in [3.63, 3.8) is 0 Å². The highest BCUT2D eigenvalue weighted by Crippen LogP contribution is 2.35. The Hall–Kier alpha value is -1.32. The highest BCUT2D eigenvalue weighted by Gasteiger charge is 2.28. The Morgan fingerprint density at radius 1 is 1.27 bits per heavy atom. The van der Waals surface area contributed by atoms with E-state index < -0.39 is 23.3 Å². The van der Waals surface area contributed by atoms with E-state index in [9.17, 15) is 19.8 Å². The highest BCUT2D eigenvalue weighted by atomic mass is 16.4. The maximum atomic E-state index is 10.5. The van der Waals surface area contributed by atoms with Crippen LogP contribution in [0.3, 0.4) is 0 Å². The van der Waals surface area contributed by atoms with Gasteiger partial charge in [0.15, 0.2) is 0 Å². The Morgan fingerprint density at radius 3 is 1.93 bits per heavy atom. The van der Waals surface area contributed by atoms with E-state index in [1.165, 1.54) is 0 Å². The Balaban J connectivity index is 4.65. The van der Waals surface area contributed by atoms with E-state index in [4.69, 9.17) is 0 Å². The van der Waals surface area contributed by atoms with Crippen molar-refractivity contribution >= 4 is 11.9 Å². The lowest BCUT2D eigenvalue weighted by atomic mass is 9.73. The van der Waals surface area contributed by atoms with Crippen molar-refractivity contribution in [1.82, 2.24) is 0 Å². The van der Waals surface area contributed by atoms with Gasteiger partial charge in [-0.15, -0.1) is 6.58 Å². The van der Waals surface area contributed by atoms with Gasteiger partial charge in [-0.3, -0.25) is 0 Å². The van der Waals surface area contributed by atoms with Crippen molar-refractivity contribution in [3.05, 3.63) is 12.7 Å². The molecule has 0 aliphatic carbocycles. The van der Waals surface area contributed by atoms with Crippen molar-refractivity contribution in [2.75, 3.05) is 0 Å². The summed E-state index contributed by atoms with van der Waals surface area (Å²) in [4.78, 5) is 21.0. The van der Waals surface area contributed by atoms with Crippen LogP contribution in [0.4, 0.5) is 0 Å². The molecule has 4 heteroatoms. The highest BCUT2D eigenvalue weighted by molar-refractivity contribution is 5.68. The molecule has 0 bridgehead atoms. The molecule has 0 saturated carbocycles. The Bertz CT molecular complexity index is 239. The molecule has 0 spiro atoms. The second-order valence-corrected chi connectivity index (χ2v) is 4.33. The van der Waals surface area contributed by atoms with Crippen LogP contribution in [0, 0.1) is 11.3 Å². The summed E-state index contributed by atoms with van der Waals surface area (Å²) >= 11 is 0. The second-order valence-electron chi connectivity index (χ2n) is 4.33. The van der Waals surface area contributed by atoms with E-state index in [0.717, 1.165) is 0 Å². The molecule has 0 N–H and O–H groups in total. The smallest absolute Gasteiger partial charge is 0.0417 e. The maximum absolute atomic E-state index is 10.5. The van der Waals surface area contributed by atoms with E-state index in [1.54, 1.807) is 6.08 Å². The summed E-state index contributed by atoms with van der Waals surface area (Å²) < 4.78 is 0. The largest absolute Gasteiger partial charge is 0.550 e. The van der Waals surface area contributed by atoms with Gasteiger partial charge >= 0.3 is 0 Å². The van der Waals surface area contributed by atoms with Crippen molar-refractivity contribution in [2.24, 2.45) is 11.3 Å². The Kier molecular flexibility index (Phi) is 5.05. The zero-order valence-electron chi connectivity index (χ0n) is 9.12. The molecule has 0 aliphatic heterocycles. The fourth-order valence-electron chi connectivity index (χ4n) is 1.57. The number of allylic oxidation sites excluding steroid dienone is 1. The Morgan fingerprint density at radius 2 is 1.67 bits per heavy atom. The van der Waals surface area contributed by atoms with Gasteiger partial charge in [0.25, 0.3) is 0 Å². The van der Waals surface area contributed by atoms with Gasteiger partial charge in [0.2, 0.25) is 0 Å². The number of aliphatic carboxylic acids is 2. The second kappa shape index (κ2) is 5.53. The minimum atomic E-state index is -1.24. The van der Waals surface area contributed by atoms with Crippen LogP contribution in [0.25, 0.3) is 0 Å². The number of hydrogen-bond donors (Lipinski definition) is 0. The lowest BCUT2D eigenvalue weighted by Gasteiger charge is -2.34. The zero-order valence-corrected chi connectivity index (χ0v) is 9.12. The molecule has 0 unspecified atom stereocenters. The molecule has 0 atom stereocenters. The van der Waals surface area contributed by atoms with Crippen LogP contribution in [-0.4, -0.2) is 11.9 Å². The van der Waals surface area contributed by atoms with Crippen LogP contribution < -0.4 is 10.2 Å². The first-order valence-corrected chi connectivity index (χ1v) is 4.80. The summed E-state index contributed by atoms with van der Waals surface area (Å²) in [6.45, 7) is 7.18. The van der Waals surface area contributed by atoms with E-state index in [1.807, 2.05) is 13.8 Å². The quantitative estimate of drug-likeness (QED) is 0.532. The standard InChI is InChI=1S/C11H18O4/c1-4-5-11(2,3)8(6-9(12)13)7-10(14)15/h4,8H,1,5-7H2,2-3H3,(H,12,13)(H,14,15)/p-2. The first-order chi connectivity index (χ1) is 6.79. The molecule has 0 radical (unpaired) electrons. The fourth-order valence-corrected chi connectivity index (χ4v) is 1.57. The van der Waals surface area contributed by atoms with E-state index in [2.05, 4.69) is 6.58 Å². The van der Waals surface area contributed by atoms with Crippen molar-refractivity contribution in [3.8, 4) is 0 Å². The van der Waals surface area contributed by atoms with Gasteiger partial charge in [-0.1, -0.05) is 19.9 Å². The molecular weight excluding hydrogens is 196 g/mol. The topological polar surface area (TPSA) is 80.3 Å². The summed E-state index contributed by atoms with van der Waals surface area (Å²) in [6, 6.07) is 0. The van der Waals surface area contributed by atoms with Gasteiger partial charge in [-0.25, -0.2) is 0 Å². The van der Waals surface area contributed by atoms with Gasteiger partial charge < -0.3 is 19.8 Å². The number of rotatable bonds is 7. The predicted molar refractivity (Wildman–Crippen MR) is 51.3 cm³/mol. The minimum Gasteiger partial charge on any atom is -0.550 e. The van der Waals surface area contributed by atoms with Crippen LogP contribution in [0.1, 0.15) is 33.1 Å². The number of hydrogen-bond acceptors (Lipinski definition) is 4. The van der Waals surface area contributed by atoms with Crippen LogP contribution in [0.15, 0.2) is 12.7 Å². The summed E-state index contributed by atoms with van der Waals surface area (Å²) in [5, 5.41) is 21.0. The monoisotopic (exact) mass is 212 g/mol. The average Bonchev–Trinajstić information content (AvgIpc) is 2.00. The number of carbonyl (C=O) groups is 2. The molecule has 0 saturated heterocycles. The van der Waals surface area contributed by atoms with Gasteiger partial charge in [-0.2, -0.15) is 0 Å². The fraction of sp³-hybridized carbons (Fsp3) is 0.636. The SMILES string of the molecule is C=CCC(C)(C)C(CC(=O)[O-])CC(=O)[O-]. The van der Waals surface area contributed by atoms with Crippen molar-refractivity contribution < 1.29 is 19.8 Å². The third-order valence-corrected chi connectivity index (χ3v) is 2.60. The van der Waals surface area contributed by atoms with Crippen molar-refractivity contribution in [1.29, 1.82) is 0 Å². The minimum absolute atomic E-state index is 0.269. The Labute approximate surface area is 89.6 Å². The van der Waals surface area contributed by atoms with E-state index >= 15 is 0 Å². The molecule has 0 aliphatic rings. The zero-order chi connectivity index (χ0) is 12.1. The molecule has 0 rings (SSSR count). The molecule has 15 heavy (non-hydrogen) atoms. The molecule has 4 nitrogen and oxygen atoms in total. The predicted octanol–water partition coefficient (Wildman–Crippen LogP) is -0.515. The van der Waals surface area contributed by atoms with Crippen LogP contribution >= 0.6 is 0 Å². The van der Waals surface area contributed by atoms with Crippen molar-refractivity contribution in [2.45, 2.75) is 33.1 Å². The third-order valence-electron chi connectivity index (χ3n) is 2.60. The third kappa shape index (κ3) is 5.20. The van der Waals surface area contributed by atoms with Gasteiger partial charge in [0.1, 0.15) is 0 Å². The van der Waals surface area contributed by atoms with Crippen LogP contribution in [0.2, 0.25) is 0 Å².